The molecule has 0 aliphatic rings. The van der Waals surface area contributed by atoms with Crippen LogP contribution in [0.2, 0.25) is 10.0 Å². The number of aromatic nitrogens is 2. The summed E-state index contributed by atoms with van der Waals surface area (Å²) in [5, 5.41) is 14.2. The Morgan fingerprint density at radius 1 is 1.26 bits per heavy atom. The van der Waals surface area contributed by atoms with E-state index >= 15 is 0 Å². The van der Waals surface area contributed by atoms with Crippen LogP contribution in [0.4, 0.5) is 5.95 Å². The number of phenolic OH excluding ortho intramolecular Hbond substituents is 1. The van der Waals surface area contributed by atoms with Gasteiger partial charge in [-0.25, -0.2) is 15.4 Å². The van der Waals surface area contributed by atoms with E-state index in [9.17, 15) is 5.11 Å². The van der Waals surface area contributed by atoms with Crippen molar-refractivity contribution in [1.82, 2.24) is 9.97 Å². The van der Waals surface area contributed by atoms with Crippen LogP contribution in [0.3, 0.4) is 0 Å². The van der Waals surface area contributed by atoms with Crippen LogP contribution in [0.1, 0.15) is 5.56 Å². The molecule has 0 spiro atoms. The molecule has 2 N–H and O–H groups in total. The highest BCUT2D eigenvalue weighted by Gasteiger charge is 2.05. The van der Waals surface area contributed by atoms with E-state index in [0.717, 1.165) is 4.47 Å². The Bertz CT molecular complexity index is 619. The van der Waals surface area contributed by atoms with Crippen molar-refractivity contribution >= 4 is 51.3 Å². The molecule has 2 aromatic rings. The Morgan fingerprint density at radius 2 is 1.95 bits per heavy atom. The minimum atomic E-state index is -0.0895. The molecule has 0 radical (unpaired) electrons. The molecule has 0 atom stereocenters. The van der Waals surface area contributed by atoms with E-state index in [0.29, 0.717) is 16.5 Å². The minimum Gasteiger partial charge on any atom is -0.506 e. The quantitative estimate of drug-likeness (QED) is 0.646. The number of hydrogen-bond donors (Lipinski definition) is 2. The molecule has 0 aliphatic carbocycles. The Labute approximate surface area is 127 Å². The van der Waals surface area contributed by atoms with Crippen LogP contribution in [0.5, 0.6) is 5.75 Å². The molecule has 0 saturated carbocycles. The lowest BCUT2D eigenvalue weighted by Crippen LogP contribution is -1.96. The van der Waals surface area contributed by atoms with Crippen LogP contribution in [0.15, 0.2) is 34.1 Å². The number of nitrogens with zero attached hydrogens (tertiary/aromatic N) is 3. The van der Waals surface area contributed by atoms with Gasteiger partial charge in [0, 0.05) is 23.0 Å². The third kappa shape index (κ3) is 3.79. The molecule has 0 saturated heterocycles. The van der Waals surface area contributed by atoms with Crippen molar-refractivity contribution < 1.29 is 5.11 Å². The van der Waals surface area contributed by atoms with Gasteiger partial charge in [0.15, 0.2) is 0 Å². The molecule has 0 bridgehead atoms. The monoisotopic (exact) mass is 360 g/mol. The van der Waals surface area contributed by atoms with E-state index in [4.69, 9.17) is 23.2 Å². The SMILES string of the molecule is Oc1c(Cl)cc(Cl)cc1/C=N/Nc1ncc(Br)cn1. The second-order valence-corrected chi connectivity index (χ2v) is 5.18. The third-order valence-electron chi connectivity index (χ3n) is 2.05. The van der Waals surface area contributed by atoms with Crippen LogP contribution in [0, 0.1) is 0 Å². The van der Waals surface area contributed by atoms with Crippen molar-refractivity contribution in [3.63, 3.8) is 0 Å². The number of aromatic hydroxyl groups is 1. The molecule has 1 heterocycles. The number of hydrogen-bond acceptors (Lipinski definition) is 5. The molecule has 0 aliphatic heterocycles. The summed E-state index contributed by atoms with van der Waals surface area (Å²) in [6.07, 6.45) is 4.54. The van der Waals surface area contributed by atoms with Gasteiger partial charge >= 0.3 is 0 Å². The number of rotatable bonds is 3. The lowest BCUT2D eigenvalue weighted by molar-refractivity contribution is 0.475. The van der Waals surface area contributed by atoms with Crippen molar-refractivity contribution in [2.24, 2.45) is 5.10 Å². The lowest BCUT2D eigenvalue weighted by atomic mass is 10.2. The second-order valence-electron chi connectivity index (χ2n) is 3.42. The fraction of sp³-hybridized carbons (Fsp3) is 0. The maximum atomic E-state index is 9.71. The normalized spacial score (nSPS) is 10.9. The summed E-state index contributed by atoms with van der Waals surface area (Å²) in [6.45, 7) is 0. The predicted molar refractivity (Wildman–Crippen MR) is 79.1 cm³/mol. The lowest BCUT2D eigenvalue weighted by Gasteiger charge is -2.02. The maximum Gasteiger partial charge on any atom is 0.243 e. The van der Waals surface area contributed by atoms with E-state index in [1.54, 1.807) is 12.4 Å². The zero-order chi connectivity index (χ0) is 13.8. The fourth-order valence-corrected chi connectivity index (χ4v) is 1.93. The zero-order valence-corrected chi connectivity index (χ0v) is 12.4. The summed E-state index contributed by atoms with van der Waals surface area (Å²) in [4.78, 5) is 7.94. The number of anilines is 1. The highest BCUT2D eigenvalue weighted by molar-refractivity contribution is 9.10. The van der Waals surface area contributed by atoms with Gasteiger partial charge in [-0.3, -0.25) is 0 Å². The zero-order valence-electron chi connectivity index (χ0n) is 9.31. The van der Waals surface area contributed by atoms with Crippen LogP contribution in [-0.4, -0.2) is 21.3 Å². The smallest absolute Gasteiger partial charge is 0.243 e. The van der Waals surface area contributed by atoms with Crippen LogP contribution >= 0.6 is 39.1 Å². The number of phenols is 1. The molecule has 19 heavy (non-hydrogen) atoms. The molecule has 1 aromatic heterocycles. The van der Waals surface area contributed by atoms with E-state index in [1.807, 2.05) is 0 Å². The standard InChI is InChI=1S/C11H7BrCl2N4O/c12-7-4-15-11(16-5-7)18-17-3-6-1-8(13)2-9(14)10(6)19/h1-5,19H,(H,15,16,18)/b17-3+. The first kappa shape index (κ1) is 14.0. The summed E-state index contributed by atoms with van der Waals surface area (Å²) < 4.78 is 0.765. The highest BCUT2D eigenvalue weighted by Crippen LogP contribution is 2.29. The van der Waals surface area contributed by atoms with Crippen molar-refractivity contribution in [3.8, 4) is 5.75 Å². The Morgan fingerprint density at radius 3 is 2.63 bits per heavy atom. The average Bonchev–Trinajstić information content (AvgIpc) is 2.37. The fourth-order valence-electron chi connectivity index (χ4n) is 1.21. The molecule has 8 heteroatoms. The number of nitrogens with one attached hydrogen (secondary N) is 1. The van der Waals surface area contributed by atoms with Gasteiger partial charge in [0.1, 0.15) is 5.75 Å². The molecule has 98 valence electrons. The van der Waals surface area contributed by atoms with Crippen LogP contribution < -0.4 is 5.43 Å². The van der Waals surface area contributed by atoms with Crippen molar-refractivity contribution in [2.75, 3.05) is 5.43 Å². The summed E-state index contributed by atoms with van der Waals surface area (Å²) in [5.41, 5.74) is 3.01. The number of benzene rings is 1. The van der Waals surface area contributed by atoms with Crippen molar-refractivity contribution in [2.45, 2.75) is 0 Å². The largest absolute Gasteiger partial charge is 0.506 e. The van der Waals surface area contributed by atoms with E-state index in [2.05, 4.69) is 36.4 Å². The summed E-state index contributed by atoms with van der Waals surface area (Å²) >= 11 is 14.8. The van der Waals surface area contributed by atoms with Crippen LogP contribution in [-0.2, 0) is 0 Å². The molecule has 0 unspecified atom stereocenters. The van der Waals surface area contributed by atoms with Crippen molar-refractivity contribution in [3.05, 3.63) is 44.6 Å². The second kappa shape index (κ2) is 6.18. The van der Waals surface area contributed by atoms with E-state index < -0.39 is 0 Å². The summed E-state index contributed by atoms with van der Waals surface area (Å²) in [5.74, 6) is 0.236. The first-order valence-electron chi connectivity index (χ1n) is 5.01. The topological polar surface area (TPSA) is 70.4 Å². The molecular weight excluding hydrogens is 355 g/mol. The van der Waals surface area contributed by atoms with Gasteiger partial charge in [-0.15, -0.1) is 0 Å². The predicted octanol–water partition coefficient (Wildman–Crippen LogP) is 3.70. The van der Waals surface area contributed by atoms with E-state index in [-0.39, 0.29) is 10.8 Å². The minimum absolute atomic E-state index is 0.0895. The summed E-state index contributed by atoms with van der Waals surface area (Å²) in [7, 11) is 0. The van der Waals surface area contributed by atoms with Crippen molar-refractivity contribution in [1.29, 1.82) is 0 Å². The number of halogens is 3. The Balaban J connectivity index is 2.13. The molecule has 2 rings (SSSR count). The molecule has 1 aromatic carbocycles. The molecular formula is C11H7BrCl2N4O. The summed E-state index contributed by atoms with van der Waals surface area (Å²) in [6, 6.07) is 2.98. The van der Waals surface area contributed by atoms with E-state index in [1.165, 1.54) is 18.3 Å². The Hall–Kier alpha value is -1.37. The van der Waals surface area contributed by atoms with Crippen LogP contribution in [0.25, 0.3) is 0 Å². The molecule has 5 nitrogen and oxygen atoms in total. The maximum absolute atomic E-state index is 9.71. The molecule has 0 amide bonds. The molecule has 0 fully saturated rings. The van der Waals surface area contributed by atoms with Gasteiger partial charge in [-0.1, -0.05) is 23.2 Å². The van der Waals surface area contributed by atoms with Gasteiger partial charge in [-0.05, 0) is 28.1 Å². The highest BCUT2D eigenvalue weighted by atomic mass is 79.9. The Kier molecular flexibility index (Phi) is 4.57. The first-order chi connectivity index (χ1) is 9.06. The third-order valence-corrected chi connectivity index (χ3v) is 2.96. The van der Waals surface area contributed by atoms with Gasteiger partial charge in [-0.2, -0.15) is 5.10 Å². The number of hydrazone groups is 1. The van der Waals surface area contributed by atoms with Gasteiger partial charge in [0.25, 0.3) is 0 Å². The average molecular weight is 362 g/mol. The van der Waals surface area contributed by atoms with Gasteiger partial charge < -0.3 is 5.11 Å². The first-order valence-corrected chi connectivity index (χ1v) is 6.56. The van der Waals surface area contributed by atoms with Gasteiger partial charge in [0.05, 0.1) is 15.7 Å². The van der Waals surface area contributed by atoms with Gasteiger partial charge in [0.2, 0.25) is 5.95 Å².